The van der Waals surface area contributed by atoms with Crippen LogP contribution in [-0.2, 0) is 6.42 Å². The molecule has 5 heteroatoms. The monoisotopic (exact) mass is 339 g/mol. The van der Waals surface area contributed by atoms with Crippen LogP contribution in [0, 0.1) is 0 Å². The maximum atomic E-state index is 11.9. The number of fused-ring (bicyclic) bond motifs is 1. The molecule has 1 aliphatic heterocycles. The predicted molar refractivity (Wildman–Crippen MR) is 98.7 cm³/mol. The molecule has 0 atom stereocenters. The molecule has 1 saturated heterocycles. The minimum absolute atomic E-state index is 0.116. The standard InChI is InChI=1S/C19H21N3OS/c23-19-7-3-4-11-22(19)15-8-12-21(13-9-15)14-10-17-16-5-1-2-6-18(16)24-20-17/h1-7,11,15H,8-10,12-14H2. The van der Waals surface area contributed by atoms with E-state index < -0.39 is 0 Å². The first-order chi connectivity index (χ1) is 11.8. The van der Waals surface area contributed by atoms with Gasteiger partial charge in [0.15, 0.2) is 0 Å². The third kappa shape index (κ3) is 3.14. The van der Waals surface area contributed by atoms with Crippen LogP contribution < -0.4 is 5.56 Å². The average molecular weight is 339 g/mol. The summed E-state index contributed by atoms with van der Waals surface area (Å²) in [6, 6.07) is 14.2. The Morgan fingerprint density at radius 3 is 2.71 bits per heavy atom. The molecule has 1 aromatic carbocycles. The maximum absolute atomic E-state index is 11.9. The van der Waals surface area contributed by atoms with Crippen molar-refractivity contribution in [2.45, 2.75) is 25.3 Å². The van der Waals surface area contributed by atoms with E-state index in [4.69, 9.17) is 0 Å². The van der Waals surface area contributed by atoms with E-state index in [1.807, 2.05) is 22.9 Å². The number of hydrogen-bond acceptors (Lipinski definition) is 4. The lowest BCUT2D eigenvalue weighted by molar-refractivity contribution is 0.186. The molecule has 1 aliphatic rings. The fourth-order valence-corrected chi connectivity index (χ4v) is 4.37. The van der Waals surface area contributed by atoms with E-state index in [1.165, 1.54) is 15.8 Å². The fraction of sp³-hybridized carbons (Fsp3) is 0.368. The van der Waals surface area contributed by atoms with Crippen molar-refractivity contribution in [1.82, 2.24) is 13.8 Å². The molecule has 124 valence electrons. The highest BCUT2D eigenvalue weighted by atomic mass is 32.1. The topological polar surface area (TPSA) is 38.1 Å². The number of aromatic nitrogens is 2. The van der Waals surface area contributed by atoms with Gasteiger partial charge in [0.2, 0.25) is 0 Å². The lowest BCUT2D eigenvalue weighted by Crippen LogP contribution is -2.38. The van der Waals surface area contributed by atoms with Crippen molar-refractivity contribution in [2.24, 2.45) is 0 Å². The van der Waals surface area contributed by atoms with E-state index in [0.717, 1.165) is 38.9 Å². The van der Waals surface area contributed by atoms with E-state index in [9.17, 15) is 4.79 Å². The summed E-state index contributed by atoms with van der Waals surface area (Å²) in [7, 11) is 0. The van der Waals surface area contributed by atoms with Gasteiger partial charge in [-0.25, -0.2) is 0 Å². The quantitative estimate of drug-likeness (QED) is 0.732. The summed E-state index contributed by atoms with van der Waals surface area (Å²) in [6.07, 6.45) is 5.01. The van der Waals surface area contributed by atoms with Crippen molar-refractivity contribution in [3.8, 4) is 0 Å². The van der Waals surface area contributed by atoms with Gasteiger partial charge in [-0.1, -0.05) is 24.3 Å². The number of pyridine rings is 1. The fourth-order valence-electron chi connectivity index (χ4n) is 3.55. The molecule has 0 unspecified atom stereocenters. The molecule has 4 nitrogen and oxygen atoms in total. The van der Waals surface area contributed by atoms with E-state index in [1.54, 1.807) is 17.6 Å². The molecule has 0 aliphatic carbocycles. The van der Waals surface area contributed by atoms with Gasteiger partial charge in [-0.05, 0) is 36.5 Å². The molecule has 0 amide bonds. The first-order valence-corrected chi connectivity index (χ1v) is 9.31. The molecule has 24 heavy (non-hydrogen) atoms. The second-order valence-corrected chi connectivity index (χ2v) is 7.20. The van der Waals surface area contributed by atoms with Gasteiger partial charge < -0.3 is 9.47 Å². The molecule has 2 aromatic heterocycles. The number of hydrogen-bond donors (Lipinski definition) is 0. The number of likely N-dealkylation sites (tertiary alicyclic amines) is 1. The van der Waals surface area contributed by atoms with E-state index in [0.29, 0.717) is 6.04 Å². The first kappa shape index (κ1) is 15.5. The van der Waals surface area contributed by atoms with Crippen molar-refractivity contribution < 1.29 is 0 Å². The average Bonchev–Trinajstić information content (AvgIpc) is 3.04. The van der Waals surface area contributed by atoms with Gasteiger partial charge in [-0.2, -0.15) is 4.37 Å². The van der Waals surface area contributed by atoms with Gasteiger partial charge in [0, 0.05) is 49.7 Å². The molecule has 0 N–H and O–H groups in total. The Labute approximate surface area is 145 Å². The third-order valence-electron chi connectivity index (χ3n) is 4.92. The first-order valence-electron chi connectivity index (χ1n) is 8.54. The summed E-state index contributed by atoms with van der Waals surface area (Å²) in [5, 5.41) is 1.30. The molecule has 0 radical (unpaired) electrons. The molecular formula is C19H21N3OS. The molecular weight excluding hydrogens is 318 g/mol. The van der Waals surface area contributed by atoms with Crippen molar-refractivity contribution >= 4 is 21.6 Å². The Morgan fingerprint density at radius 2 is 1.88 bits per heavy atom. The zero-order chi connectivity index (χ0) is 16.4. The number of rotatable bonds is 4. The second kappa shape index (κ2) is 6.87. The van der Waals surface area contributed by atoms with Gasteiger partial charge in [0.05, 0.1) is 10.4 Å². The highest BCUT2D eigenvalue weighted by molar-refractivity contribution is 7.13. The summed E-state index contributed by atoms with van der Waals surface area (Å²) >= 11 is 1.59. The summed E-state index contributed by atoms with van der Waals surface area (Å²) < 4.78 is 7.79. The summed E-state index contributed by atoms with van der Waals surface area (Å²) in [6.45, 7) is 3.15. The highest BCUT2D eigenvalue weighted by Gasteiger charge is 2.21. The van der Waals surface area contributed by atoms with Crippen LogP contribution in [0.15, 0.2) is 53.5 Å². The Balaban J connectivity index is 1.35. The van der Waals surface area contributed by atoms with Gasteiger partial charge in [0.25, 0.3) is 5.56 Å². The van der Waals surface area contributed by atoms with Crippen LogP contribution in [0.4, 0.5) is 0 Å². The van der Waals surface area contributed by atoms with Gasteiger partial charge >= 0.3 is 0 Å². The van der Waals surface area contributed by atoms with Crippen LogP contribution in [0.1, 0.15) is 24.6 Å². The van der Waals surface area contributed by atoms with Crippen LogP contribution in [0.5, 0.6) is 0 Å². The smallest absolute Gasteiger partial charge is 0.250 e. The van der Waals surface area contributed by atoms with Gasteiger partial charge in [-0.15, -0.1) is 0 Å². The van der Waals surface area contributed by atoms with Crippen LogP contribution in [0.3, 0.4) is 0 Å². The molecule has 0 bridgehead atoms. The van der Waals surface area contributed by atoms with Crippen molar-refractivity contribution in [3.63, 3.8) is 0 Å². The zero-order valence-corrected chi connectivity index (χ0v) is 14.4. The lowest BCUT2D eigenvalue weighted by Gasteiger charge is -2.32. The van der Waals surface area contributed by atoms with Gasteiger partial charge in [-0.3, -0.25) is 4.79 Å². The van der Waals surface area contributed by atoms with E-state index in [-0.39, 0.29) is 5.56 Å². The van der Waals surface area contributed by atoms with Crippen LogP contribution in [0.25, 0.3) is 10.1 Å². The van der Waals surface area contributed by atoms with Crippen LogP contribution in [-0.4, -0.2) is 33.5 Å². The van der Waals surface area contributed by atoms with Crippen molar-refractivity contribution in [1.29, 1.82) is 0 Å². The Bertz CT molecular complexity index is 877. The van der Waals surface area contributed by atoms with Crippen LogP contribution >= 0.6 is 11.5 Å². The minimum Gasteiger partial charge on any atom is -0.312 e. The number of benzene rings is 1. The Morgan fingerprint density at radius 1 is 1.08 bits per heavy atom. The number of nitrogens with zero attached hydrogens (tertiary/aromatic N) is 3. The summed E-state index contributed by atoms with van der Waals surface area (Å²) in [5.74, 6) is 0. The third-order valence-corrected chi connectivity index (χ3v) is 5.78. The normalized spacial score (nSPS) is 16.7. The molecule has 3 heterocycles. The second-order valence-electron chi connectivity index (χ2n) is 6.39. The SMILES string of the molecule is O=c1ccccn1C1CCN(CCc2nsc3ccccc23)CC1. The summed E-state index contributed by atoms with van der Waals surface area (Å²) in [5.41, 5.74) is 1.34. The zero-order valence-electron chi connectivity index (χ0n) is 13.6. The predicted octanol–water partition coefficient (Wildman–Crippen LogP) is 3.34. The Kier molecular flexibility index (Phi) is 4.45. The minimum atomic E-state index is 0.116. The maximum Gasteiger partial charge on any atom is 0.250 e. The molecule has 4 rings (SSSR count). The molecule has 1 fully saturated rings. The number of piperidine rings is 1. The van der Waals surface area contributed by atoms with Crippen molar-refractivity contribution in [2.75, 3.05) is 19.6 Å². The van der Waals surface area contributed by atoms with Crippen LogP contribution in [0.2, 0.25) is 0 Å². The van der Waals surface area contributed by atoms with E-state index in [2.05, 4.69) is 33.5 Å². The molecule has 3 aromatic rings. The largest absolute Gasteiger partial charge is 0.312 e. The highest BCUT2D eigenvalue weighted by Crippen LogP contribution is 2.24. The van der Waals surface area contributed by atoms with E-state index >= 15 is 0 Å². The van der Waals surface area contributed by atoms with Gasteiger partial charge in [0.1, 0.15) is 0 Å². The summed E-state index contributed by atoms with van der Waals surface area (Å²) in [4.78, 5) is 14.4. The molecule has 0 spiro atoms. The lowest BCUT2D eigenvalue weighted by atomic mass is 10.0. The van der Waals surface area contributed by atoms with Crippen molar-refractivity contribution in [3.05, 3.63) is 64.7 Å². The molecule has 0 saturated carbocycles. The Hall–Kier alpha value is -1.98.